The van der Waals surface area contributed by atoms with E-state index in [9.17, 15) is 13.6 Å². The molecule has 0 aliphatic heterocycles. The first-order valence-electron chi connectivity index (χ1n) is 5.24. The summed E-state index contributed by atoms with van der Waals surface area (Å²) in [4.78, 5) is 10.2. The van der Waals surface area contributed by atoms with Gasteiger partial charge >= 0.3 is 11.9 Å². The van der Waals surface area contributed by atoms with Crippen LogP contribution in [0.5, 0.6) is 0 Å². The number of aliphatic carboxylic acids is 1. The van der Waals surface area contributed by atoms with Crippen molar-refractivity contribution in [3.05, 3.63) is 0 Å². The van der Waals surface area contributed by atoms with Gasteiger partial charge in [0, 0.05) is 0 Å². The van der Waals surface area contributed by atoms with E-state index in [1.165, 1.54) is 0 Å². The molecule has 2 N–H and O–H groups in total. The molecule has 1 saturated carbocycles. The summed E-state index contributed by atoms with van der Waals surface area (Å²) in [5.74, 6) is -6.22. The van der Waals surface area contributed by atoms with Gasteiger partial charge in [-0.15, -0.1) is 0 Å². The Kier molecular flexibility index (Phi) is 4.02. The van der Waals surface area contributed by atoms with E-state index in [4.69, 9.17) is 10.2 Å². The number of rotatable bonds is 4. The molecule has 1 fully saturated rings. The molecular formula is C10H16F2O3. The van der Waals surface area contributed by atoms with Gasteiger partial charge in [0.2, 0.25) is 0 Å². The Morgan fingerprint density at radius 3 is 2.33 bits per heavy atom. The van der Waals surface area contributed by atoms with Crippen LogP contribution in [0.3, 0.4) is 0 Å². The summed E-state index contributed by atoms with van der Waals surface area (Å²) in [6, 6.07) is 0. The third-order valence-corrected chi connectivity index (χ3v) is 2.98. The van der Waals surface area contributed by atoms with Gasteiger partial charge in [-0.25, -0.2) is 4.79 Å². The molecule has 0 aromatic heterocycles. The molecule has 0 spiro atoms. The van der Waals surface area contributed by atoms with Crippen molar-refractivity contribution >= 4 is 5.97 Å². The van der Waals surface area contributed by atoms with E-state index in [-0.39, 0.29) is 12.3 Å². The molecule has 0 aromatic rings. The molecule has 0 saturated heterocycles. The third-order valence-electron chi connectivity index (χ3n) is 2.98. The number of hydrogen-bond acceptors (Lipinski definition) is 2. The predicted molar refractivity (Wildman–Crippen MR) is 49.8 cm³/mol. The highest BCUT2D eigenvalue weighted by Gasteiger charge is 2.47. The number of halogens is 2. The van der Waals surface area contributed by atoms with Gasteiger partial charge in [0.1, 0.15) is 6.10 Å². The number of carboxylic acid groups (broad SMARTS) is 1. The van der Waals surface area contributed by atoms with E-state index in [0.717, 1.165) is 32.1 Å². The maximum Gasteiger partial charge on any atom is 0.377 e. The molecule has 88 valence electrons. The van der Waals surface area contributed by atoms with Crippen molar-refractivity contribution in [1.82, 2.24) is 0 Å². The largest absolute Gasteiger partial charge is 0.477 e. The molecular weight excluding hydrogens is 206 g/mol. The molecule has 0 radical (unpaired) electrons. The third kappa shape index (κ3) is 3.12. The van der Waals surface area contributed by atoms with Crippen LogP contribution in [-0.4, -0.2) is 28.2 Å². The van der Waals surface area contributed by atoms with Gasteiger partial charge in [-0.2, -0.15) is 8.78 Å². The van der Waals surface area contributed by atoms with Crippen LogP contribution in [0, 0.1) is 5.92 Å². The molecule has 0 bridgehead atoms. The molecule has 5 heteroatoms. The molecule has 1 atom stereocenters. The zero-order chi connectivity index (χ0) is 11.5. The lowest BCUT2D eigenvalue weighted by molar-refractivity contribution is -0.183. The number of alkyl halides is 2. The average Bonchev–Trinajstić information content (AvgIpc) is 2.18. The van der Waals surface area contributed by atoms with Gasteiger partial charge in [-0.05, 0) is 12.3 Å². The van der Waals surface area contributed by atoms with Crippen molar-refractivity contribution < 1.29 is 23.8 Å². The fourth-order valence-electron chi connectivity index (χ4n) is 2.03. The van der Waals surface area contributed by atoms with Crippen LogP contribution in [0.2, 0.25) is 0 Å². The molecule has 0 aromatic carbocycles. The summed E-state index contributed by atoms with van der Waals surface area (Å²) in [5.41, 5.74) is 0. The van der Waals surface area contributed by atoms with Crippen LogP contribution >= 0.6 is 0 Å². The first kappa shape index (κ1) is 12.4. The lowest BCUT2D eigenvalue weighted by atomic mass is 9.84. The predicted octanol–water partition coefficient (Wildman–Crippen LogP) is 2.04. The van der Waals surface area contributed by atoms with Crippen LogP contribution in [0.15, 0.2) is 0 Å². The van der Waals surface area contributed by atoms with Crippen LogP contribution < -0.4 is 0 Å². The summed E-state index contributed by atoms with van der Waals surface area (Å²) in [6.45, 7) is 0. The number of aliphatic hydroxyl groups is 1. The van der Waals surface area contributed by atoms with Crippen LogP contribution in [0.1, 0.15) is 38.5 Å². The number of aliphatic hydroxyl groups excluding tert-OH is 1. The van der Waals surface area contributed by atoms with E-state index in [0.29, 0.717) is 0 Å². The molecule has 1 unspecified atom stereocenters. The van der Waals surface area contributed by atoms with Crippen LogP contribution in [-0.2, 0) is 4.79 Å². The van der Waals surface area contributed by atoms with Crippen molar-refractivity contribution in [3.63, 3.8) is 0 Å². The zero-order valence-electron chi connectivity index (χ0n) is 8.46. The lowest BCUT2D eigenvalue weighted by Crippen LogP contribution is -2.42. The Morgan fingerprint density at radius 2 is 1.87 bits per heavy atom. The zero-order valence-corrected chi connectivity index (χ0v) is 8.46. The summed E-state index contributed by atoms with van der Waals surface area (Å²) >= 11 is 0. The highest BCUT2D eigenvalue weighted by Crippen LogP contribution is 2.31. The normalized spacial score (nSPS) is 21.3. The van der Waals surface area contributed by atoms with Gasteiger partial charge in [-0.3, -0.25) is 0 Å². The van der Waals surface area contributed by atoms with Crippen LogP contribution in [0.25, 0.3) is 0 Å². The fraction of sp³-hybridized carbons (Fsp3) is 0.900. The van der Waals surface area contributed by atoms with Crippen molar-refractivity contribution in [2.24, 2.45) is 5.92 Å². The molecule has 1 aliphatic rings. The van der Waals surface area contributed by atoms with Crippen molar-refractivity contribution in [2.75, 3.05) is 0 Å². The van der Waals surface area contributed by atoms with Crippen molar-refractivity contribution in [1.29, 1.82) is 0 Å². The van der Waals surface area contributed by atoms with Gasteiger partial charge in [0.05, 0.1) is 0 Å². The Morgan fingerprint density at radius 1 is 1.33 bits per heavy atom. The van der Waals surface area contributed by atoms with E-state index >= 15 is 0 Å². The van der Waals surface area contributed by atoms with Crippen molar-refractivity contribution in [2.45, 2.75) is 50.6 Å². The molecule has 0 heterocycles. The lowest BCUT2D eigenvalue weighted by Gasteiger charge is -2.26. The fourth-order valence-corrected chi connectivity index (χ4v) is 2.03. The highest BCUT2D eigenvalue weighted by molar-refractivity contribution is 5.76. The number of carbonyl (C=O) groups is 1. The SMILES string of the molecule is O=C(O)C(F)(F)C(O)CC1CCCCC1. The second-order valence-electron chi connectivity index (χ2n) is 4.18. The molecule has 0 amide bonds. The van der Waals surface area contributed by atoms with Gasteiger partial charge in [0.15, 0.2) is 0 Å². The monoisotopic (exact) mass is 222 g/mol. The topological polar surface area (TPSA) is 57.5 Å². The average molecular weight is 222 g/mol. The van der Waals surface area contributed by atoms with E-state index in [2.05, 4.69) is 0 Å². The standard InChI is InChI=1S/C10H16F2O3/c11-10(12,9(14)15)8(13)6-7-4-2-1-3-5-7/h7-8,13H,1-6H2,(H,14,15). The van der Waals surface area contributed by atoms with Crippen molar-refractivity contribution in [3.8, 4) is 0 Å². The van der Waals surface area contributed by atoms with E-state index < -0.39 is 18.0 Å². The second-order valence-corrected chi connectivity index (χ2v) is 4.18. The van der Waals surface area contributed by atoms with Gasteiger partial charge < -0.3 is 10.2 Å². The molecule has 15 heavy (non-hydrogen) atoms. The summed E-state index contributed by atoms with van der Waals surface area (Å²) in [6.07, 6.45) is 2.52. The maximum atomic E-state index is 12.8. The van der Waals surface area contributed by atoms with E-state index in [1.807, 2.05) is 0 Å². The summed E-state index contributed by atoms with van der Waals surface area (Å²) in [5, 5.41) is 17.4. The quantitative estimate of drug-likeness (QED) is 0.765. The minimum absolute atomic E-state index is 0.0407. The van der Waals surface area contributed by atoms with Gasteiger partial charge in [-0.1, -0.05) is 32.1 Å². The minimum Gasteiger partial charge on any atom is -0.477 e. The van der Waals surface area contributed by atoms with Gasteiger partial charge in [0.25, 0.3) is 0 Å². The molecule has 1 rings (SSSR count). The smallest absolute Gasteiger partial charge is 0.377 e. The Labute approximate surface area is 87.1 Å². The Balaban J connectivity index is 2.46. The first-order chi connectivity index (χ1) is 6.94. The first-order valence-corrected chi connectivity index (χ1v) is 5.24. The number of carboxylic acids is 1. The summed E-state index contributed by atoms with van der Waals surface area (Å²) < 4.78 is 25.7. The Hall–Kier alpha value is -0.710. The summed E-state index contributed by atoms with van der Waals surface area (Å²) in [7, 11) is 0. The molecule has 3 nitrogen and oxygen atoms in total. The highest BCUT2D eigenvalue weighted by atomic mass is 19.3. The minimum atomic E-state index is -4.02. The van der Waals surface area contributed by atoms with E-state index in [1.54, 1.807) is 0 Å². The maximum absolute atomic E-state index is 12.8. The Bertz CT molecular complexity index is 225. The molecule has 1 aliphatic carbocycles. The number of hydrogen-bond donors (Lipinski definition) is 2. The van der Waals surface area contributed by atoms with Crippen LogP contribution in [0.4, 0.5) is 8.78 Å². The second kappa shape index (κ2) is 4.88.